The molecule has 0 fully saturated rings. The zero-order chi connectivity index (χ0) is 29.5. The molecule has 4 nitrogen and oxygen atoms in total. The van der Waals surface area contributed by atoms with Crippen molar-refractivity contribution in [2.45, 2.75) is 12.3 Å². The van der Waals surface area contributed by atoms with E-state index >= 15 is 0 Å². The van der Waals surface area contributed by atoms with Crippen molar-refractivity contribution in [2.24, 2.45) is 4.99 Å². The standard InChI is InChI=1S/C40H31N3O/c1-43-37-23-21-32-24-31(20-22-34(32)38(37)44-40(43)29-16-9-4-10-17-29)30-18-11-19-33(25-30)39-41-35(27-12-5-2-6-13-27)26-36(42-39)28-14-7-3-8-15-28/h2-26,35,40H,1H3,(H,41,42). The number of rotatable bonds is 5. The summed E-state index contributed by atoms with van der Waals surface area (Å²) >= 11 is 0. The van der Waals surface area contributed by atoms with Gasteiger partial charge in [0.1, 0.15) is 5.84 Å². The molecule has 2 unspecified atom stereocenters. The SMILES string of the molecule is CN1c2ccc3cc(-c4cccc(C5=NC(c6ccccc6)C=C(c6ccccc6)N5)c4)ccc3c2OC1c1ccccc1. The molecule has 0 aromatic heterocycles. The Morgan fingerprint density at radius 3 is 2.05 bits per heavy atom. The molecular weight excluding hydrogens is 538 g/mol. The molecule has 0 saturated carbocycles. The van der Waals surface area contributed by atoms with Gasteiger partial charge in [0, 0.05) is 29.3 Å². The highest BCUT2D eigenvalue weighted by molar-refractivity contribution is 6.06. The largest absolute Gasteiger partial charge is 0.463 e. The topological polar surface area (TPSA) is 36.9 Å². The minimum atomic E-state index is -0.133. The molecule has 2 aliphatic rings. The fourth-order valence-corrected chi connectivity index (χ4v) is 6.23. The Morgan fingerprint density at radius 2 is 1.27 bits per heavy atom. The number of hydrogen-bond acceptors (Lipinski definition) is 4. The summed E-state index contributed by atoms with van der Waals surface area (Å²) in [5, 5.41) is 5.91. The van der Waals surface area contributed by atoms with Crippen LogP contribution in [-0.4, -0.2) is 12.9 Å². The molecule has 2 heterocycles. The second-order valence-electron chi connectivity index (χ2n) is 11.3. The number of ether oxygens (including phenoxy) is 1. The van der Waals surface area contributed by atoms with Crippen molar-refractivity contribution < 1.29 is 4.74 Å². The van der Waals surface area contributed by atoms with Crippen LogP contribution in [0.15, 0.2) is 157 Å². The van der Waals surface area contributed by atoms with Crippen molar-refractivity contribution in [2.75, 3.05) is 11.9 Å². The van der Waals surface area contributed by atoms with Gasteiger partial charge in [-0.1, -0.05) is 121 Å². The van der Waals surface area contributed by atoms with Crippen LogP contribution in [0.5, 0.6) is 5.75 Å². The summed E-state index contributed by atoms with van der Waals surface area (Å²) in [5.41, 5.74) is 8.97. The summed E-state index contributed by atoms with van der Waals surface area (Å²) in [5.74, 6) is 1.80. The third-order valence-corrected chi connectivity index (χ3v) is 8.54. The number of anilines is 1. The lowest BCUT2D eigenvalue weighted by Gasteiger charge is -2.23. The molecule has 212 valence electrons. The number of nitrogens with one attached hydrogen (secondary N) is 1. The molecule has 6 aromatic carbocycles. The molecule has 0 saturated heterocycles. The average molecular weight is 570 g/mol. The summed E-state index contributed by atoms with van der Waals surface area (Å²) in [7, 11) is 2.10. The molecule has 1 N–H and O–H groups in total. The van der Waals surface area contributed by atoms with Crippen molar-refractivity contribution in [3.05, 3.63) is 174 Å². The smallest absolute Gasteiger partial charge is 0.198 e. The molecule has 2 aliphatic heterocycles. The number of nitrogens with zero attached hydrogens (tertiary/aromatic N) is 2. The van der Waals surface area contributed by atoms with E-state index in [1.807, 2.05) is 18.2 Å². The van der Waals surface area contributed by atoms with Crippen LogP contribution in [0.1, 0.15) is 34.5 Å². The zero-order valence-electron chi connectivity index (χ0n) is 24.4. The molecule has 8 rings (SSSR count). The Bertz CT molecular complexity index is 2030. The van der Waals surface area contributed by atoms with Gasteiger partial charge in [0.05, 0.1) is 11.7 Å². The van der Waals surface area contributed by atoms with Crippen LogP contribution in [0.3, 0.4) is 0 Å². The third-order valence-electron chi connectivity index (χ3n) is 8.54. The zero-order valence-corrected chi connectivity index (χ0v) is 24.4. The van der Waals surface area contributed by atoms with E-state index in [2.05, 4.69) is 151 Å². The van der Waals surface area contributed by atoms with E-state index < -0.39 is 0 Å². The van der Waals surface area contributed by atoms with Crippen LogP contribution in [0.4, 0.5) is 5.69 Å². The number of amidine groups is 1. The van der Waals surface area contributed by atoms with E-state index in [0.717, 1.165) is 61.6 Å². The molecule has 4 heteroatoms. The second kappa shape index (κ2) is 10.9. The van der Waals surface area contributed by atoms with Gasteiger partial charge in [0.25, 0.3) is 0 Å². The van der Waals surface area contributed by atoms with Gasteiger partial charge in [-0.15, -0.1) is 0 Å². The maximum absolute atomic E-state index is 6.55. The molecule has 0 amide bonds. The fraction of sp³-hybridized carbons (Fsp3) is 0.0750. The quantitative estimate of drug-likeness (QED) is 0.225. The summed E-state index contributed by atoms with van der Waals surface area (Å²) in [6.07, 6.45) is 2.08. The van der Waals surface area contributed by atoms with Crippen LogP contribution in [0.2, 0.25) is 0 Å². The number of hydrogen-bond donors (Lipinski definition) is 1. The predicted octanol–water partition coefficient (Wildman–Crippen LogP) is 9.17. The molecular formula is C40H31N3O. The second-order valence-corrected chi connectivity index (χ2v) is 11.3. The van der Waals surface area contributed by atoms with Gasteiger partial charge in [-0.05, 0) is 58.0 Å². The highest BCUT2D eigenvalue weighted by Gasteiger charge is 2.30. The lowest BCUT2D eigenvalue weighted by molar-refractivity contribution is 0.237. The number of fused-ring (bicyclic) bond motifs is 3. The van der Waals surface area contributed by atoms with E-state index in [-0.39, 0.29) is 12.3 Å². The van der Waals surface area contributed by atoms with Gasteiger partial charge in [0.15, 0.2) is 12.0 Å². The fourth-order valence-electron chi connectivity index (χ4n) is 6.23. The van der Waals surface area contributed by atoms with E-state index in [1.165, 1.54) is 5.56 Å². The van der Waals surface area contributed by atoms with Crippen LogP contribution >= 0.6 is 0 Å². The summed E-state index contributed by atoms with van der Waals surface area (Å²) < 4.78 is 6.55. The van der Waals surface area contributed by atoms with Crippen molar-refractivity contribution in [3.8, 4) is 16.9 Å². The predicted molar refractivity (Wildman–Crippen MR) is 181 cm³/mol. The Kier molecular flexibility index (Phi) is 6.45. The monoisotopic (exact) mass is 569 g/mol. The minimum Gasteiger partial charge on any atom is -0.463 e. The molecule has 2 atom stereocenters. The van der Waals surface area contributed by atoms with Gasteiger partial charge in [-0.25, -0.2) is 0 Å². The first kappa shape index (κ1) is 26.1. The van der Waals surface area contributed by atoms with Crippen molar-refractivity contribution in [1.82, 2.24) is 5.32 Å². The van der Waals surface area contributed by atoms with Gasteiger partial charge in [-0.3, -0.25) is 4.99 Å². The molecule has 44 heavy (non-hydrogen) atoms. The first-order valence-electron chi connectivity index (χ1n) is 15.0. The average Bonchev–Trinajstić information content (AvgIpc) is 3.45. The highest BCUT2D eigenvalue weighted by atomic mass is 16.5. The Balaban J connectivity index is 1.13. The molecule has 0 aliphatic carbocycles. The first-order valence-corrected chi connectivity index (χ1v) is 15.0. The lowest BCUT2D eigenvalue weighted by atomic mass is 9.97. The van der Waals surface area contributed by atoms with Gasteiger partial charge in [-0.2, -0.15) is 0 Å². The summed E-state index contributed by atoms with van der Waals surface area (Å²) in [4.78, 5) is 7.38. The van der Waals surface area contributed by atoms with E-state index in [1.54, 1.807) is 0 Å². The van der Waals surface area contributed by atoms with Crippen LogP contribution in [-0.2, 0) is 0 Å². The van der Waals surface area contributed by atoms with Crippen molar-refractivity contribution >= 4 is 28.0 Å². The maximum Gasteiger partial charge on any atom is 0.198 e. The van der Waals surface area contributed by atoms with Crippen molar-refractivity contribution in [1.29, 1.82) is 0 Å². The van der Waals surface area contributed by atoms with E-state index in [9.17, 15) is 0 Å². The first-order chi connectivity index (χ1) is 21.7. The van der Waals surface area contributed by atoms with E-state index in [4.69, 9.17) is 9.73 Å². The maximum atomic E-state index is 6.55. The molecule has 0 spiro atoms. The van der Waals surface area contributed by atoms with Crippen LogP contribution in [0, 0.1) is 0 Å². The van der Waals surface area contributed by atoms with Gasteiger partial charge in [0.2, 0.25) is 0 Å². The van der Waals surface area contributed by atoms with Crippen LogP contribution in [0.25, 0.3) is 27.6 Å². The lowest BCUT2D eigenvalue weighted by Crippen LogP contribution is -2.27. The van der Waals surface area contributed by atoms with Crippen molar-refractivity contribution in [3.63, 3.8) is 0 Å². The summed E-state index contributed by atoms with van der Waals surface area (Å²) in [6, 6.07) is 50.9. The van der Waals surface area contributed by atoms with Crippen LogP contribution < -0.4 is 15.0 Å². The highest BCUT2D eigenvalue weighted by Crippen LogP contribution is 2.47. The Hall–Kier alpha value is -5.61. The number of benzene rings is 6. The van der Waals surface area contributed by atoms with Gasteiger partial charge >= 0.3 is 0 Å². The van der Waals surface area contributed by atoms with E-state index in [0.29, 0.717) is 0 Å². The Morgan fingerprint density at radius 1 is 0.614 bits per heavy atom. The normalized spacial score (nSPS) is 17.3. The number of aliphatic imine (C=N–C) groups is 1. The molecule has 6 aromatic rings. The van der Waals surface area contributed by atoms with Gasteiger partial charge < -0.3 is 15.0 Å². The molecule has 0 bridgehead atoms. The minimum absolute atomic E-state index is 0.0769. The molecule has 0 radical (unpaired) electrons. The third kappa shape index (κ3) is 4.71. The summed E-state index contributed by atoms with van der Waals surface area (Å²) in [6.45, 7) is 0. The Labute approximate surface area is 257 Å².